The number of rotatable bonds is 2. The van der Waals surface area contributed by atoms with Crippen LogP contribution in [0.2, 0.25) is 0 Å². The van der Waals surface area contributed by atoms with Crippen LogP contribution in [-0.2, 0) is 16.6 Å². The Morgan fingerprint density at radius 2 is 2.14 bits per heavy atom. The summed E-state index contributed by atoms with van der Waals surface area (Å²) in [4.78, 5) is 35.9. The van der Waals surface area contributed by atoms with E-state index in [0.29, 0.717) is 0 Å². The first-order chi connectivity index (χ1) is 10.4. The number of aryl methyl sites for hydroxylation is 1. The molecule has 2 aromatic rings. The van der Waals surface area contributed by atoms with Crippen molar-refractivity contribution in [3.63, 3.8) is 0 Å². The van der Waals surface area contributed by atoms with E-state index in [2.05, 4.69) is 5.32 Å². The van der Waals surface area contributed by atoms with Crippen LogP contribution >= 0.6 is 0 Å². The van der Waals surface area contributed by atoms with Gasteiger partial charge in [0.15, 0.2) is 17.5 Å². The molecule has 1 atom stereocenters. The molecule has 116 valence electrons. The van der Waals surface area contributed by atoms with Crippen LogP contribution in [-0.4, -0.2) is 36.3 Å². The lowest BCUT2D eigenvalue weighted by atomic mass is 10.2. The summed E-state index contributed by atoms with van der Waals surface area (Å²) >= 11 is 0. The van der Waals surface area contributed by atoms with Gasteiger partial charge in [-0.2, -0.15) is 0 Å². The number of oxazole rings is 1. The number of fused-ring (bicyclic) bond motifs is 1. The van der Waals surface area contributed by atoms with Crippen LogP contribution in [0.15, 0.2) is 21.3 Å². The first-order valence-corrected chi connectivity index (χ1v) is 6.41. The van der Waals surface area contributed by atoms with Crippen molar-refractivity contribution >= 4 is 28.8 Å². The molecule has 0 aliphatic carbocycles. The molecule has 2 amide bonds. The third kappa shape index (κ3) is 2.01. The van der Waals surface area contributed by atoms with E-state index < -0.39 is 29.7 Å². The molecule has 1 aliphatic rings. The van der Waals surface area contributed by atoms with Gasteiger partial charge in [0.05, 0.1) is 12.2 Å². The number of likely N-dealkylation sites (N-methyl/N-ethyl adjacent to an activating group) is 1. The number of ether oxygens (including phenoxy) is 1. The Morgan fingerprint density at radius 3 is 2.82 bits per heavy atom. The fourth-order valence-electron chi connectivity index (χ4n) is 2.34. The van der Waals surface area contributed by atoms with E-state index in [9.17, 15) is 18.8 Å². The van der Waals surface area contributed by atoms with E-state index in [4.69, 9.17) is 9.15 Å². The number of cyclic esters (lactones) is 1. The van der Waals surface area contributed by atoms with Crippen LogP contribution in [0.3, 0.4) is 0 Å². The molecule has 1 aromatic heterocycles. The number of nitrogens with one attached hydrogen (secondary N) is 1. The topological polar surface area (TPSA) is 93.8 Å². The number of anilines is 1. The van der Waals surface area contributed by atoms with Gasteiger partial charge in [0.1, 0.15) is 5.52 Å². The van der Waals surface area contributed by atoms with Gasteiger partial charge in [0.25, 0.3) is 5.91 Å². The van der Waals surface area contributed by atoms with Gasteiger partial charge in [-0.25, -0.2) is 14.0 Å². The maximum Gasteiger partial charge on any atom is 0.419 e. The SMILES string of the molecule is CNC(=O)C1CN(c2cc(F)c3c(c2)oc(=O)n3C)C(=O)O1. The van der Waals surface area contributed by atoms with Crippen molar-refractivity contribution in [2.45, 2.75) is 6.10 Å². The number of nitrogens with zero attached hydrogens (tertiary/aromatic N) is 2. The minimum absolute atomic E-state index is 0.00386. The molecule has 0 saturated carbocycles. The molecular formula is C13H12FN3O5. The van der Waals surface area contributed by atoms with Crippen molar-refractivity contribution in [1.29, 1.82) is 0 Å². The number of hydrogen-bond donors (Lipinski definition) is 1. The van der Waals surface area contributed by atoms with Gasteiger partial charge in [0.2, 0.25) is 0 Å². The predicted molar refractivity (Wildman–Crippen MR) is 73.1 cm³/mol. The average Bonchev–Trinajstić information content (AvgIpc) is 2.99. The van der Waals surface area contributed by atoms with Gasteiger partial charge in [-0.15, -0.1) is 0 Å². The quantitative estimate of drug-likeness (QED) is 0.863. The highest BCUT2D eigenvalue weighted by molar-refractivity contribution is 5.96. The highest BCUT2D eigenvalue weighted by Gasteiger charge is 2.37. The minimum Gasteiger partial charge on any atom is -0.434 e. The standard InChI is InChI=1S/C13H12FN3O5/c1-15-11(18)9-5-17(13(20)22-9)6-3-7(14)10-8(4-6)21-12(19)16(10)2/h3-4,9H,5H2,1-2H3,(H,15,18). The van der Waals surface area contributed by atoms with E-state index in [1.54, 1.807) is 0 Å². The molecule has 9 heteroatoms. The number of benzene rings is 1. The molecule has 1 aromatic carbocycles. The summed E-state index contributed by atoms with van der Waals surface area (Å²) in [5.41, 5.74) is 0.165. The second-order valence-corrected chi connectivity index (χ2v) is 4.80. The van der Waals surface area contributed by atoms with Gasteiger partial charge in [-0.1, -0.05) is 0 Å². The summed E-state index contributed by atoms with van der Waals surface area (Å²) in [5.74, 6) is -1.88. The second kappa shape index (κ2) is 4.86. The van der Waals surface area contributed by atoms with Crippen LogP contribution in [0.5, 0.6) is 0 Å². The molecular weight excluding hydrogens is 297 g/mol. The van der Waals surface area contributed by atoms with Gasteiger partial charge in [0, 0.05) is 26.2 Å². The summed E-state index contributed by atoms with van der Waals surface area (Å²) in [6, 6.07) is 2.44. The molecule has 1 unspecified atom stereocenters. The zero-order chi connectivity index (χ0) is 16.0. The Bertz CT molecular complexity index is 840. The number of carbonyl (C=O) groups excluding carboxylic acids is 2. The fourth-order valence-corrected chi connectivity index (χ4v) is 2.34. The van der Waals surface area contributed by atoms with Crippen LogP contribution in [0.4, 0.5) is 14.9 Å². The fraction of sp³-hybridized carbons (Fsp3) is 0.308. The third-order valence-electron chi connectivity index (χ3n) is 3.48. The zero-order valence-electron chi connectivity index (χ0n) is 11.8. The monoisotopic (exact) mass is 309 g/mol. The maximum atomic E-state index is 14.1. The van der Waals surface area contributed by atoms with Crippen LogP contribution in [0.1, 0.15) is 0 Å². The number of carbonyl (C=O) groups is 2. The van der Waals surface area contributed by atoms with Crippen molar-refractivity contribution in [3.8, 4) is 0 Å². The lowest BCUT2D eigenvalue weighted by Crippen LogP contribution is -2.35. The van der Waals surface area contributed by atoms with Gasteiger partial charge in [-0.3, -0.25) is 14.3 Å². The van der Waals surface area contributed by atoms with Crippen LogP contribution < -0.4 is 16.0 Å². The lowest BCUT2D eigenvalue weighted by molar-refractivity contribution is -0.127. The highest BCUT2D eigenvalue weighted by Crippen LogP contribution is 2.27. The summed E-state index contributed by atoms with van der Waals surface area (Å²) in [5, 5.41) is 2.37. The van der Waals surface area contributed by atoms with Crippen molar-refractivity contribution in [2.75, 3.05) is 18.5 Å². The molecule has 0 radical (unpaired) electrons. The van der Waals surface area contributed by atoms with Crippen LogP contribution in [0, 0.1) is 5.82 Å². The molecule has 1 fully saturated rings. The van der Waals surface area contributed by atoms with E-state index >= 15 is 0 Å². The van der Waals surface area contributed by atoms with Crippen molar-refractivity contribution in [2.24, 2.45) is 7.05 Å². The highest BCUT2D eigenvalue weighted by atomic mass is 19.1. The Morgan fingerprint density at radius 1 is 1.41 bits per heavy atom. The van der Waals surface area contributed by atoms with E-state index in [-0.39, 0.29) is 23.3 Å². The van der Waals surface area contributed by atoms with Gasteiger partial charge in [-0.05, 0) is 0 Å². The number of aromatic nitrogens is 1. The molecule has 22 heavy (non-hydrogen) atoms. The maximum absolute atomic E-state index is 14.1. The third-order valence-corrected chi connectivity index (χ3v) is 3.48. The molecule has 1 aliphatic heterocycles. The van der Waals surface area contributed by atoms with Gasteiger partial charge < -0.3 is 14.5 Å². The second-order valence-electron chi connectivity index (χ2n) is 4.80. The normalized spacial score (nSPS) is 17.9. The minimum atomic E-state index is -0.973. The number of amides is 2. The summed E-state index contributed by atoms with van der Waals surface area (Å²) in [6.07, 6.45) is -1.75. The number of halogens is 1. The molecule has 3 rings (SSSR count). The van der Waals surface area contributed by atoms with E-state index in [0.717, 1.165) is 15.5 Å². The molecule has 0 spiro atoms. The lowest BCUT2D eigenvalue weighted by Gasteiger charge is -2.12. The Balaban J connectivity index is 2.02. The Kier molecular flexibility index (Phi) is 3.12. The molecule has 1 saturated heterocycles. The average molecular weight is 309 g/mol. The molecule has 1 N–H and O–H groups in total. The Labute approximate surface area is 123 Å². The van der Waals surface area contributed by atoms with Crippen molar-refractivity contribution in [3.05, 3.63) is 28.5 Å². The first kappa shape index (κ1) is 14.1. The summed E-state index contributed by atoms with van der Waals surface area (Å²) in [7, 11) is 2.80. The van der Waals surface area contributed by atoms with Crippen LogP contribution in [0.25, 0.3) is 11.1 Å². The molecule has 8 nitrogen and oxygen atoms in total. The largest absolute Gasteiger partial charge is 0.434 e. The molecule has 2 heterocycles. The predicted octanol–water partition coefficient (Wildman–Crippen LogP) is 0.342. The summed E-state index contributed by atoms with van der Waals surface area (Å²) in [6.45, 7) is -0.0550. The smallest absolute Gasteiger partial charge is 0.419 e. The zero-order valence-corrected chi connectivity index (χ0v) is 11.8. The molecule has 0 bridgehead atoms. The van der Waals surface area contributed by atoms with Crippen molar-refractivity contribution < 1.29 is 23.1 Å². The van der Waals surface area contributed by atoms with Crippen molar-refractivity contribution in [1.82, 2.24) is 9.88 Å². The Hall–Kier alpha value is -2.84. The van der Waals surface area contributed by atoms with E-state index in [1.807, 2.05) is 0 Å². The van der Waals surface area contributed by atoms with E-state index in [1.165, 1.54) is 20.2 Å². The van der Waals surface area contributed by atoms with Gasteiger partial charge >= 0.3 is 11.8 Å². The first-order valence-electron chi connectivity index (χ1n) is 6.41. The summed E-state index contributed by atoms with van der Waals surface area (Å²) < 4.78 is 25.0. The number of hydrogen-bond acceptors (Lipinski definition) is 5.